The maximum absolute atomic E-state index is 12.9. The van der Waals surface area contributed by atoms with Crippen LogP contribution in [0.4, 0.5) is 11.4 Å². The predicted octanol–water partition coefficient (Wildman–Crippen LogP) is 6.01. The number of nitrogens with one attached hydrogen (secondary N) is 1. The van der Waals surface area contributed by atoms with Crippen molar-refractivity contribution in [3.8, 4) is 5.75 Å². The minimum absolute atomic E-state index is 0.125. The number of hydrogen-bond acceptors (Lipinski definition) is 3. The molecule has 2 amide bonds. The van der Waals surface area contributed by atoms with Gasteiger partial charge in [0, 0.05) is 28.5 Å². The summed E-state index contributed by atoms with van der Waals surface area (Å²) in [5.41, 5.74) is 2.39. The molecule has 3 aromatic carbocycles. The molecule has 3 rings (SSSR count). The number of rotatable bonds is 7. The van der Waals surface area contributed by atoms with Gasteiger partial charge in [0.05, 0.1) is 12.2 Å². The highest BCUT2D eigenvalue weighted by Gasteiger charge is 2.16. The Hall–Kier alpha value is -3.12. The Labute approximate surface area is 191 Å². The summed E-state index contributed by atoms with van der Waals surface area (Å²) in [6, 6.07) is 21.6. The van der Waals surface area contributed by atoms with E-state index < -0.39 is 0 Å². The number of carbonyl (C=O) groups is 2. The number of halogens is 1. The van der Waals surface area contributed by atoms with E-state index in [4.69, 9.17) is 4.74 Å². The highest BCUT2D eigenvalue weighted by atomic mass is 79.9. The molecule has 6 heteroatoms. The average molecular weight is 481 g/mol. The fourth-order valence-electron chi connectivity index (χ4n) is 2.92. The van der Waals surface area contributed by atoms with Crippen molar-refractivity contribution in [2.45, 2.75) is 13.8 Å². The normalized spacial score (nSPS) is 10.6. The van der Waals surface area contributed by atoms with Crippen LogP contribution in [0.2, 0.25) is 0 Å². The smallest absolute Gasteiger partial charge is 0.259 e. The van der Waals surface area contributed by atoms with E-state index in [1.54, 1.807) is 48.3 Å². The predicted molar refractivity (Wildman–Crippen MR) is 128 cm³/mol. The lowest BCUT2D eigenvalue weighted by atomic mass is 10.1. The molecule has 0 atom stereocenters. The molecule has 0 spiro atoms. The molecule has 0 aliphatic rings. The van der Waals surface area contributed by atoms with Crippen LogP contribution in [0.1, 0.15) is 34.6 Å². The zero-order valence-corrected chi connectivity index (χ0v) is 19.3. The highest BCUT2D eigenvalue weighted by molar-refractivity contribution is 9.10. The summed E-state index contributed by atoms with van der Waals surface area (Å²) < 4.78 is 6.59. The monoisotopic (exact) mass is 480 g/mol. The molecule has 0 saturated carbocycles. The van der Waals surface area contributed by atoms with Crippen molar-refractivity contribution in [3.05, 3.63) is 88.4 Å². The van der Waals surface area contributed by atoms with Gasteiger partial charge < -0.3 is 15.0 Å². The van der Waals surface area contributed by atoms with Crippen LogP contribution >= 0.6 is 15.9 Å². The van der Waals surface area contributed by atoms with E-state index in [2.05, 4.69) is 35.1 Å². The second-order valence-electron chi connectivity index (χ2n) is 7.58. The largest absolute Gasteiger partial charge is 0.492 e. The molecule has 160 valence electrons. The third kappa shape index (κ3) is 5.95. The van der Waals surface area contributed by atoms with Gasteiger partial charge in [0.1, 0.15) is 5.75 Å². The van der Waals surface area contributed by atoms with Gasteiger partial charge >= 0.3 is 0 Å². The Morgan fingerprint density at radius 1 is 1.00 bits per heavy atom. The first-order chi connectivity index (χ1) is 14.8. The van der Waals surface area contributed by atoms with E-state index in [1.807, 2.05) is 36.4 Å². The molecule has 0 aromatic heterocycles. The van der Waals surface area contributed by atoms with Crippen molar-refractivity contribution in [3.63, 3.8) is 0 Å². The van der Waals surface area contributed by atoms with Gasteiger partial charge in [-0.15, -0.1) is 0 Å². The van der Waals surface area contributed by atoms with E-state index >= 15 is 0 Å². The Morgan fingerprint density at radius 2 is 1.68 bits per heavy atom. The SMILES string of the molecule is CC(C)COc1ccc(Br)cc1C(=O)Nc1ccc(C(=O)N(C)c2ccccc2)cc1. The van der Waals surface area contributed by atoms with Gasteiger partial charge in [0.2, 0.25) is 0 Å². The topological polar surface area (TPSA) is 58.6 Å². The Bertz CT molecular complexity index is 1050. The summed E-state index contributed by atoms with van der Waals surface area (Å²) in [4.78, 5) is 27.2. The maximum atomic E-state index is 12.9. The Balaban J connectivity index is 1.72. The Morgan fingerprint density at radius 3 is 2.32 bits per heavy atom. The summed E-state index contributed by atoms with van der Waals surface area (Å²) in [5.74, 6) is 0.477. The molecule has 0 bridgehead atoms. The van der Waals surface area contributed by atoms with Gasteiger partial charge in [-0.1, -0.05) is 48.0 Å². The Kier molecular flexibility index (Phi) is 7.47. The van der Waals surface area contributed by atoms with Crippen molar-refractivity contribution < 1.29 is 14.3 Å². The number of nitrogens with zero attached hydrogens (tertiary/aromatic N) is 1. The number of ether oxygens (including phenoxy) is 1. The number of anilines is 2. The first kappa shape index (κ1) is 22.6. The van der Waals surface area contributed by atoms with E-state index in [0.29, 0.717) is 35.1 Å². The molecule has 31 heavy (non-hydrogen) atoms. The number of hydrogen-bond donors (Lipinski definition) is 1. The minimum atomic E-state index is -0.277. The van der Waals surface area contributed by atoms with E-state index in [1.165, 1.54) is 0 Å². The molecule has 5 nitrogen and oxygen atoms in total. The summed E-state index contributed by atoms with van der Waals surface area (Å²) >= 11 is 3.41. The lowest BCUT2D eigenvalue weighted by molar-refractivity contribution is 0.0991. The van der Waals surface area contributed by atoms with Crippen molar-refractivity contribution in [1.82, 2.24) is 0 Å². The zero-order chi connectivity index (χ0) is 22.4. The molecule has 0 fully saturated rings. The number of amides is 2. The fraction of sp³-hybridized carbons (Fsp3) is 0.200. The molecule has 0 unspecified atom stereocenters. The minimum Gasteiger partial charge on any atom is -0.492 e. The van der Waals surface area contributed by atoms with E-state index in [0.717, 1.165) is 10.2 Å². The van der Waals surface area contributed by atoms with Crippen LogP contribution in [0.25, 0.3) is 0 Å². The first-order valence-corrected chi connectivity index (χ1v) is 10.8. The third-order valence-corrected chi connectivity index (χ3v) is 5.09. The van der Waals surface area contributed by atoms with Crippen LogP contribution in [0.3, 0.4) is 0 Å². The van der Waals surface area contributed by atoms with Crippen LogP contribution in [0.5, 0.6) is 5.75 Å². The lowest BCUT2D eigenvalue weighted by Gasteiger charge is -2.17. The van der Waals surface area contributed by atoms with Crippen molar-refractivity contribution in [1.29, 1.82) is 0 Å². The van der Waals surface area contributed by atoms with Gasteiger partial charge in [0.15, 0.2) is 0 Å². The summed E-state index contributed by atoms with van der Waals surface area (Å²) in [6.07, 6.45) is 0. The van der Waals surface area contributed by atoms with Gasteiger partial charge in [-0.05, 0) is 60.5 Å². The summed E-state index contributed by atoms with van der Waals surface area (Å²) in [5, 5.41) is 2.88. The molecular formula is C25H25BrN2O3. The quantitative estimate of drug-likeness (QED) is 0.450. The zero-order valence-electron chi connectivity index (χ0n) is 17.8. The van der Waals surface area contributed by atoms with E-state index in [9.17, 15) is 9.59 Å². The van der Waals surface area contributed by atoms with Crippen molar-refractivity contribution in [2.75, 3.05) is 23.9 Å². The molecule has 0 heterocycles. The van der Waals surface area contributed by atoms with Crippen LogP contribution in [0, 0.1) is 5.92 Å². The van der Waals surface area contributed by atoms with Gasteiger partial charge in [-0.2, -0.15) is 0 Å². The number of carbonyl (C=O) groups excluding carboxylic acids is 2. The first-order valence-electron chi connectivity index (χ1n) is 10.0. The van der Waals surface area contributed by atoms with Crippen molar-refractivity contribution in [2.24, 2.45) is 5.92 Å². The third-order valence-electron chi connectivity index (χ3n) is 4.60. The molecule has 1 N–H and O–H groups in total. The molecular weight excluding hydrogens is 456 g/mol. The van der Waals surface area contributed by atoms with Gasteiger partial charge in [-0.25, -0.2) is 0 Å². The second-order valence-corrected chi connectivity index (χ2v) is 8.49. The maximum Gasteiger partial charge on any atom is 0.259 e. The standard InChI is InChI=1S/C25H25BrN2O3/c1-17(2)16-31-23-14-11-19(26)15-22(23)24(29)27-20-12-9-18(10-13-20)25(30)28(3)21-7-5-4-6-8-21/h4-15,17H,16H2,1-3H3,(H,27,29). The van der Waals surface area contributed by atoms with E-state index in [-0.39, 0.29) is 11.8 Å². The van der Waals surface area contributed by atoms with Gasteiger partial charge in [-0.3, -0.25) is 9.59 Å². The molecule has 3 aromatic rings. The van der Waals surface area contributed by atoms with Crippen LogP contribution in [0.15, 0.2) is 77.3 Å². The van der Waals surface area contributed by atoms with Crippen molar-refractivity contribution >= 4 is 39.1 Å². The highest BCUT2D eigenvalue weighted by Crippen LogP contribution is 2.25. The molecule has 0 aliphatic carbocycles. The van der Waals surface area contributed by atoms with Crippen LogP contribution in [-0.2, 0) is 0 Å². The summed E-state index contributed by atoms with van der Waals surface area (Å²) in [7, 11) is 1.74. The molecule has 0 saturated heterocycles. The van der Waals surface area contributed by atoms with Gasteiger partial charge in [0.25, 0.3) is 11.8 Å². The number of benzene rings is 3. The van der Waals surface area contributed by atoms with Crippen LogP contribution in [-0.4, -0.2) is 25.5 Å². The lowest BCUT2D eigenvalue weighted by Crippen LogP contribution is -2.26. The fourth-order valence-corrected chi connectivity index (χ4v) is 3.28. The molecule has 0 radical (unpaired) electrons. The second kappa shape index (κ2) is 10.3. The summed E-state index contributed by atoms with van der Waals surface area (Å²) in [6.45, 7) is 4.63. The average Bonchev–Trinajstić information content (AvgIpc) is 2.78. The van der Waals surface area contributed by atoms with Crippen LogP contribution < -0.4 is 15.0 Å². The molecule has 0 aliphatic heterocycles. The number of para-hydroxylation sites is 1.